The van der Waals surface area contributed by atoms with E-state index in [0.717, 1.165) is 32.1 Å². The van der Waals surface area contributed by atoms with Crippen LogP contribution in [0.1, 0.15) is 19.3 Å². The molecule has 1 heterocycles. The van der Waals surface area contributed by atoms with Gasteiger partial charge in [-0.2, -0.15) is 5.26 Å². The van der Waals surface area contributed by atoms with Crippen molar-refractivity contribution in [2.45, 2.75) is 25.3 Å². The minimum Gasteiger partial charge on any atom is -0.381 e. The molecule has 3 heteroatoms. The maximum absolute atomic E-state index is 8.95. The molecule has 1 saturated heterocycles. The van der Waals surface area contributed by atoms with Gasteiger partial charge in [-0.3, -0.25) is 0 Å². The maximum atomic E-state index is 8.95. The number of nitrogens with zero attached hydrogens (tertiary/aromatic N) is 1. The van der Waals surface area contributed by atoms with Gasteiger partial charge in [0.2, 0.25) is 0 Å². The predicted octanol–water partition coefficient (Wildman–Crippen LogP) is 0.915. The third kappa shape index (κ3) is 2.43. The van der Waals surface area contributed by atoms with Crippen LogP contribution >= 0.6 is 0 Å². The smallest absolute Gasteiger partial charge is 0.100 e. The zero-order valence-electron chi connectivity index (χ0n) is 7.83. The highest BCUT2D eigenvalue weighted by Crippen LogP contribution is 2.28. The van der Waals surface area contributed by atoms with E-state index in [1.807, 2.05) is 0 Å². The Labute approximate surface area is 79.1 Å². The predicted molar refractivity (Wildman–Crippen MR) is 49.1 cm³/mol. The molecule has 0 spiro atoms. The quantitative estimate of drug-likeness (QED) is 0.699. The Morgan fingerprint density at radius 1 is 1.46 bits per heavy atom. The summed E-state index contributed by atoms with van der Waals surface area (Å²) in [6.45, 7) is 2.61. The van der Waals surface area contributed by atoms with Crippen LogP contribution in [-0.2, 0) is 4.74 Å². The summed E-state index contributed by atoms with van der Waals surface area (Å²) >= 11 is 0. The Balaban J connectivity index is 1.74. The van der Waals surface area contributed by atoms with Gasteiger partial charge in [-0.05, 0) is 31.7 Å². The number of hydrogen-bond donors (Lipinski definition) is 1. The standard InChI is InChI=1S/C10H16N2O/c11-5-10(9-3-4-13-7-9)12-6-8-1-2-8/h8-10,12H,1-4,6-7H2. The molecule has 0 aromatic heterocycles. The summed E-state index contributed by atoms with van der Waals surface area (Å²) in [4.78, 5) is 0. The number of nitrogens with one attached hydrogen (secondary N) is 1. The molecule has 2 rings (SSSR count). The Morgan fingerprint density at radius 2 is 2.31 bits per heavy atom. The van der Waals surface area contributed by atoms with Crippen LogP contribution in [0, 0.1) is 23.2 Å². The van der Waals surface area contributed by atoms with Crippen molar-refractivity contribution in [2.75, 3.05) is 19.8 Å². The first-order chi connectivity index (χ1) is 6.40. The van der Waals surface area contributed by atoms with Crippen LogP contribution < -0.4 is 5.32 Å². The molecule has 0 bridgehead atoms. The fourth-order valence-electron chi connectivity index (χ4n) is 1.75. The summed E-state index contributed by atoms with van der Waals surface area (Å²) in [5.74, 6) is 1.27. The Hall–Kier alpha value is -0.590. The summed E-state index contributed by atoms with van der Waals surface area (Å²) < 4.78 is 5.27. The van der Waals surface area contributed by atoms with Crippen molar-refractivity contribution in [3.05, 3.63) is 0 Å². The number of hydrogen-bond acceptors (Lipinski definition) is 3. The zero-order valence-corrected chi connectivity index (χ0v) is 7.83. The molecule has 3 nitrogen and oxygen atoms in total. The summed E-state index contributed by atoms with van der Waals surface area (Å²) in [6.07, 6.45) is 3.72. The molecule has 0 aromatic rings. The third-order valence-electron chi connectivity index (χ3n) is 2.90. The molecule has 2 fully saturated rings. The summed E-state index contributed by atoms with van der Waals surface area (Å²) in [5, 5.41) is 12.3. The van der Waals surface area contributed by atoms with Gasteiger partial charge in [0, 0.05) is 12.5 Å². The van der Waals surface area contributed by atoms with Gasteiger partial charge in [0.25, 0.3) is 0 Å². The summed E-state index contributed by atoms with van der Waals surface area (Å²) in [6, 6.07) is 2.35. The molecule has 2 atom stereocenters. The lowest BCUT2D eigenvalue weighted by atomic mass is 10.0. The zero-order chi connectivity index (χ0) is 9.10. The molecule has 72 valence electrons. The van der Waals surface area contributed by atoms with Crippen molar-refractivity contribution < 1.29 is 4.74 Å². The second-order valence-electron chi connectivity index (χ2n) is 4.08. The molecule has 1 aliphatic heterocycles. The SMILES string of the molecule is N#CC(NCC1CC1)C1CCOC1. The Bertz CT molecular complexity index is 201. The van der Waals surface area contributed by atoms with Crippen molar-refractivity contribution >= 4 is 0 Å². The molecule has 2 unspecified atom stereocenters. The molecule has 13 heavy (non-hydrogen) atoms. The van der Waals surface area contributed by atoms with Gasteiger partial charge in [-0.25, -0.2) is 0 Å². The van der Waals surface area contributed by atoms with E-state index in [2.05, 4.69) is 11.4 Å². The minimum atomic E-state index is 0.0168. The van der Waals surface area contributed by atoms with Crippen LogP contribution in [0.4, 0.5) is 0 Å². The van der Waals surface area contributed by atoms with E-state index in [4.69, 9.17) is 10.00 Å². The monoisotopic (exact) mass is 180 g/mol. The maximum Gasteiger partial charge on any atom is 0.100 e. The van der Waals surface area contributed by atoms with Gasteiger partial charge >= 0.3 is 0 Å². The van der Waals surface area contributed by atoms with Crippen LogP contribution in [0.3, 0.4) is 0 Å². The van der Waals surface area contributed by atoms with Crippen molar-refractivity contribution in [3.63, 3.8) is 0 Å². The average molecular weight is 180 g/mol. The van der Waals surface area contributed by atoms with E-state index in [1.165, 1.54) is 12.8 Å². The molecule has 2 aliphatic rings. The first kappa shape index (κ1) is 8.98. The van der Waals surface area contributed by atoms with Crippen molar-refractivity contribution in [1.82, 2.24) is 5.32 Å². The minimum absolute atomic E-state index is 0.0168. The molecule has 1 N–H and O–H groups in total. The van der Waals surface area contributed by atoms with Gasteiger partial charge in [-0.15, -0.1) is 0 Å². The van der Waals surface area contributed by atoms with Crippen LogP contribution in [0.2, 0.25) is 0 Å². The number of nitriles is 1. The van der Waals surface area contributed by atoms with Gasteiger partial charge < -0.3 is 10.1 Å². The van der Waals surface area contributed by atoms with Gasteiger partial charge in [0.1, 0.15) is 6.04 Å². The van der Waals surface area contributed by atoms with Crippen molar-refractivity contribution in [3.8, 4) is 6.07 Å². The largest absolute Gasteiger partial charge is 0.381 e. The second kappa shape index (κ2) is 4.08. The van der Waals surface area contributed by atoms with Crippen LogP contribution in [0.15, 0.2) is 0 Å². The van der Waals surface area contributed by atoms with Crippen LogP contribution in [0.25, 0.3) is 0 Å². The number of rotatable bonds is 4. The van der Waals surface area contributed by atoms with Crippen LogP contribution in [-0.4, -0.2) is 25.8 Å². The first-order valence-corrected chi connectivity index (χ1v) is 5.11. The molecular formula is C10H16N2O. The average Bonchev–Trinajstić information content (AvgIpc) is 2.81. The lowest BCUT2D eigenvalue weighted by molar-refractivity contribution is 0.181. The molecular weight excluding hydrogens is 164 g/mol. The molecule has 1 saturated carbocycles. The lowest BCUT2D eigenvalue weighted by Gasteiger charge is -2.16. The Kier molecular flexibility index (Phi) is 2.82. The van der Waals surface area contributed by atoms with Crippen LogP contribution in [0.5, 0.6) is 0 Å². The fraction of sp³-hybridized carbons (Fsp3) is 0.900. The van der Waals surface area contributed by atoms with Crippen molar-refractivity contribution in [2.24, 2.45) is 11.8 Å². The first-order valence-electron chi connectivity index (χ1n) is 5.11. The van der Waals surface area contributed by atoms with Gasteiger partial charge in [0.15, 0.2) is 0 Å². The summed E-state index contributed by atoms with van der Waals surface area (Å²) in [5.41, 5.74) is 0. The van der Waals surface area contributed by atoms with E-state index in [1.54, 1.807) is 0 Å². The molecule has 0 amide bonds. The van der Waals surface area contributed by atoms with E-state index in [9.17, 15) is 0 Å². The van der Waals surface area contributed by atoms with E-state index in [-0.39, 0.29) is 6.04 Å². The third-order valence-corrected chi connectivity index (χ3v) is 2.90. The lowest BCUT2D eigenvalue weighted by Crippen LogP contribution is -2.36. The highest BCUT2D eigenvalue weighted by Gasteiger charge is 2.28. The molecule has 0 radical (unpaired) electrons. The highest BCUT2D eigenvalue weighted by atomic mass is 16.5. The van der Waals surface area contributed by atoms with Crippen molar-refractivity contribution in [1.29, 1.82) is 5.26 Å². The highest BCUT2D eigenvalue weighted by molar-refractivity contribution is 4.97. The van der Waals surface area contributed by atoms with E-state index >= 15 is 0 Å². The molecule has 0 aromatic carbocycles. The fourth-order valence-corrected chi connectivity index (χ4v) is 1.75. The van der Waals surface area contributed by atoms with Gasteiger partial charge in [0.05, 0.1) is 12.7 Å². The van der Waals surface area contributed by atoms with Gasteiger partial charge in [-0.1, -0.05) is 0 Å². The summed E-state index contributed by atoms with van der Waals surface area (Å²) in [7, 11) is 0. The number of ether oxygens (including phenoxy) is 1. The van der Waals surface area contributed by atoms with E-state index in [0.29, 0.717) is 5.92 Å². The topological polar surface area (TPSA) is 45.0 Å². The Morgan fingerprint density at radius 3 is 2.85 bits per heavy atom. The second-order valence-corrected chi connectivity index (χ2v) is 4.08. The normalized spacial score (nSPS) is 29.9. The van der Waals surface area contributed by atoms with E-state index < -0.39 is 0 Å². The molecule has 1 aliphatic carbocycles.